The van der Waals surface area contributed by atoms with Crippen LogP contribution in [0.4, 0.5) is 5.69 Å². The highest BCUT2D eigenvalue weighted by molar-refractivity contribution is 7.12. The van der Waals surface area contributed by atoms with Crippen molar-refractivity contribution >= 4 is 17.0 Å². The van der Waals surface area contributed by atoms with Gasteiger partial charge in [-0.05, 0) is 70.0 Å². The Balaban J connectivity index is 2.04. The van der Waals surface area contributed by atoms with E-state index in [2.05, 4.69) is 44.3 Å². The lowest BCUT2D eigenvalue weighted by molar-refractivity contribution is 0.242. The molecule has 108 valence electrons. The van der Waals surface area contributed by atoms with E-state index in [1.165, 1.54) is 26.6 Å². The lowest BCUT2D eigenvalue weighted by atomic mass is 10.1. The highest BCUT2D eigenvalue weighted by atomic mass is 32.1. The number of aryl methyl sites for hydroxylation is 3. The summed E-state index contributed by atoms with van der Waals surface area (Å²) in [5, 5.41) is 3.52. The van der Waals surface area contributed by atoms with Crippen LogP contribution in [-0.4, -0.2) is 6.10 Å². The minimum Gasteiger partial charge on any atom is -0.491 e. The third-order valence-electron chi connectivity index (χ3n) is 3.18. The van der Waals surface area contributed by atoms with Crippen LogP contribution < -0.4 is 10.1 Å². The predicted molar refractivity (Wildman–Crippen MR) is 88.1 cm³/mol. The van der Waals surface area contributed by atoms with Gasteiger partial charge in [-0.3, -0.25) is 0 Å². The number of rotatable bonds is 5. The second-order valence-electron chi connectivity index (χ2n) is 5.44. The Hall–Kier alpha value is -1.48. The molecule has 0 bridgehead atoms. The Bertz CT molecular complexity index is 587. The molecule has 1 aromatic carbocycles. The summed E-state index contributed by atoms with van der Waals surface area (Å²) in [5.41, 5.74) is 3.77. The topological polar surface area (TPSA) is 21.3 Å². The monoisotopic (exact) mass is 289 g/mol. The average Bonchev–Trinajstić information content (AvgIpc) is 2.66. The molecular weight excluding hydrogens is 266 g/mol. The largest absolute Gasteiger partial charge is 0.491 e. The predicted octanol–water partition coefficient (Wildman–Crippen LogP) is 5.07. The molecule has 1 N–H and O–H groups in total. The van der Waals surface area contributed by atoms with Crippen LogP contribution in [0.5, 0.6) is 5.75 Å². The number of anilines is 1. The molecule has 0 unspecified atom stereocenters. The zero-order valence-corrected chi connectivity index (χ0v) is 13.7. The van der Waals surface area contributed by atoms with Gasteiger partial charge in [0.2, 0.25) is 0 Å². The van der Waals surface area contributed by atoms with Crippen molar-refractivity contribution in [1.29, 1.82) is 0 Å². The van der Waals surface area contributed by atoms with Gasteiger partial charge in [-0.25, -0.2) is 0 Å². The first-order chi connectivity index (χ1) is 9.45. The summed E-state index contributed by atoms with van der Waals surface area (Å²) in [7, 11) is 0. The van der Waals surface area contributed by atoms with Crippen molar-refractivity contribution in [3.8, 4) is 5.75 Å². The van der Waals surface area contributed by atoms with Crippen LogP contribution in [0.2, 0.25) is 0 Å². The molecule has 0 aliphatic heterocycles. The lowest BCUT2D eigenvalue weighted by Gasteiger charge is -2.13. The Morgan fingerprint density at radius 2 is 1.90 bits per heavy atom. The minimum absolute atomic E-state index is 0.213. The number of thiophene rings is 1. The summed E-state index contributed by atoms with van der Waals surface area (Å²) in [4.78, 5) is 2.77. The molecule has 0 atom stereocenters. The van der Waals surface area contributed by atoms with Crippen LogP contribution in [0.25, 0.3) is 0 Å². The molecule has 2 nitrogen and oxygen atoms in total. The van der Waals surface area contributed by atoms with Gasteiger partial charge in [-0.1, -0.05) is 0 Å². The third-order valence-corrected chi connectivity index (χ3v) is 4.19. The van der Waals surface area contributed by atoms with Crippen molar-refractivity contribution in [2.75, 3.05) is 5.32 Å². The Morgan fingerprint density at radius 1 is 1.15 bits per heavy atom. The van der Waals surface area contributed by atoms with Gasteiger partial charge < -0.3 is 10.1 Å². The van der Waals surface area contributed by atoms with Gasteiger partial charge in [0, 0.05) is 22.0 Å². The van der Waals surface area contributed by atoms with E-state index in [0.29, 0.717) is 0 Å². The molecule has 0 saturated heterocycles. The summed E-state index contributed by atoms with van der Waals surface area (Å²) in [6, 6.07) is 8.48. The van der Waals surface area contributed by atoms with E-state index >= 15 is 0 Å². The zero-order chi connectivity index (χ0) is 14.7. The van der Waals surface area contributed by atoms with Crippen molar-refractivity contribution in [3.05, 3.63) is 45.1 Å². The molecular formula is C17H23NOS. The van der Waals surface area contributed by atoms with Crippen LogP contribution in [0.1, 0.15) is 34.7 Å². The fraction of sp³-hybridized carbons (Fsp3) is 0.412. The number of hydrogen-bond donors (Lipinski definition) is 1. The van der Waals surface area contributed by atoms with Crippen LogP contribution in [0.15, 0.2) is 24.3 Å². The summed E-state index contributed by atoms with van der Waals surface area (Å²) in [6.07, 6.45) is 0.213. The quantitative estimate of drug-likeness (QED) is 0.829. The smallest absolute Gasteiger partial charge is 0.120 e. The van der Waals surface area contributed by atoms with Gasteiger partial charge in [-0.15, -0.1) is 11.3 Å². The number of hydrogen-bond acceptors (Lipinski definition) is 3. The van der Waals surface area contributed by atoms with Crippen molar-refractivity contribution in [2.24, 2.45) is 0 Å². The fourth-order valence-electron chi connectivity index (χ4n) is 2.23. The van der Waals surface area contributed by atoms with Crippen molar-refractivity contribution in [2.45, 2.75) is 47.3 Å². The van der Waals surface area contributed by atoms with Gasteiger partial charge in [0.1, 0.15) is 5.75 Å². The second kappa shape index (κ2) is 6.31. The molecule has 1 heterocycles. The van der Waals surface area contributed by atoms with Gasteiger partial charge in [0.25, 0.3) is 0 Å². The molecule has 2 aromatic rings. The van der Waals surface area contributed by atoms with Crippen LogP contribution in [0, 0.1) is 20.8 Å². The summed E-state index contributed by atoms with van der Waals surface area (Å²) >= 11 is 1.86. The van der Waals surface area contributed by atoms with E-state index in [0.717, 1.165) is 12.3 Å². The first-order valence-electron chi connectivity index (χ1n) is 7.03. The molecule has 0 fully saturated rings. The molecule has 20 heavy (non-hydrogen) atoms. The van der Waals surface area contributed by atoms with E-state index in [1.807, 2.05) is 31.3 Å². The lowest BCUT2D eigenvalue weighted by Crippen LogP contribution is -2.06. The molecule has 0 spiro atoms. The first kappa shape index (κ1) is 14.9. The van der Waals surface area contributed by atoms with E-state index in [-0.39, 0.29) is 6.10 Å². The SMILES string of the molecule is Cc1cc(CNc2ccc(OC(C)C)cc2C)c(C)s1. The maximum atomic E-state index is 5.71. The molecule has 0 amide bonds. The number of ether oxygens (including phenoxy) is 1. The summed E-state index contributed by atoms with van der Waals surface area (Å²) in [5.74, 6) is 0.936. The summed E-state index contributed by atoms with van der Waals surface area (Å²) < 4.78 is 5.71. The van der Waals surface area contributed by atoms with Gasteiger partial charge in [0.15, 0.2) is 0 Å². The van der Waals surface area contributed by atoms with Gasteiger partial charge in [-0.2, -0.15) is 0 Å². The second-order valence-corrected chi connectivity index (χ2v) is 6.90. The Labute approximate surface area is 125 Å². The first-order valence-corrected chi connectivity index (χ1v) is 7.84. The van der Waals surface area contributed by atoms with Crippen LogP contribution >= 0.6 is 11.3 Å². The van der Waals surface area contributed by atoms with E-state index in [9.17, 15) is 0 Å². The maximum Gasteiger partial charge on any atom is 0.120 e. The standard InChI is InChI=1S/C17H23NOS/c1-11(2)19-16-6-7-17(12(3)8-16)18-10-15-9-13(4)20-14(15)5/h6-9,11,18H,10H2,1-5H3. The molecule has 0 radical (unpaired) electrons. The fourth-order valence-corrected chi connectivity index (χ4v) is 3.18. The van der Waals surface area contributed by atoms with Gasteiger partial charge >= 0.3 is 0 Å². The number of benzene rings is 1. The van der Waals surface area contributed by atoms with Crippen molar-refractivity contribution < 1.29 is 4.74 Å². The van der Waals surface area contributed by atoms with E-state index in [4.69, 9.17) is 4.74 Å². The highest BCUT2D eigenvalue weighted by Crippen LogP contribution is 2.25. The molecule has 3 heteroatoms. The molecule has 0 aliphatic rings. The molecule has 2 rings (SSSR count). The Morgan fingerprint density at radius 3 is 2.45 bits per heavy atom. The van der Waals surface area contributed by atoms with Crippen molar-refractivity contribution in [3.63, 3.8) is 0 Å². The van der Waals surface area contributed by atoms with Crippen molar-refractivity contribution in [1.82, 2.24) is 0 Å². The molecule has 1 aromatic heterocycles. The normalized spacial score (nSPS) is 10.9. The average molecular weight is 289 g/mol. The third kappa shape index (κ3) is 3.76. The molecule has 0 aliphatic carbocycles. The minimum atomic E-state index is 0.213. The number of nitrogens with one attached hydrogen (secondary N) is 1. The van der Waals surface area contributed by atoms with E-state index in [1.54, 1.807) is 0 Å². The van der Waals surface area contributed by atoms with Gasteiger partial charge in [0.05, 0.1) is 6.10 Å². The highest BCUT2D eigenvalue weighted by Gasteiger charge is 2.05. The maximum absolute atomic E-state index is 5.71. The van der Waals surface area contributed by atoms with Crippen LogP contribution in [-0.2, 0) is 6.54 Å². The zero-order valence-electron chi connectivity index (χ0n) is 12.9. The summed E-state index contributed by atoms with van der Waals surface area (Å²) in [6.45, 7) is 11.4. The molecule has 0 saturated carbocycles. The van der Waals surface area contributed by atoms with Crippen LogP contribution in [0.3, 0.4) is 0 Å². The van der Waals surface area contributed by atoms with E-state index < -0.39 is 0 Å². The Kier molecular flexibility index (Phi) is 4.71.